The molecule has 1 aliphatic rings. The van der Waals surface area contributed by atoms with Crippen LogP contribution in [0.3, 0.4) is 0 Å². The number of nitrogens with zero attached hydrogens (tertiary/aromatic N) is 2. The van der Waals surface area contributed by atoms with Crippen LogP contribution >= 0.6 is 23.2 Å². The maximum Gasteiger partial charge on any atom is 0.307 e. The number of hydroxylamine groups is 4. The van der Waals surface area contributed by atoms with Gasteiger partial charge in [0.2, 0.25) is 0 Å². The molecule has 0 bridgehead atoms. The van der Waals surface area contributed by atoms with E-state index in [0.717, 1.165) is 5.56 Å². The molecule has 134 valence electrons. The van der Waals surface area contributed by atoms with Crippen LogP contribution in [0.2, 0.25) is 10.0 Å². The molecule has 1 fully saturated rings. The van der Waals surface area contributed by atoms with E-state index in [9.17, 15) is 4.79 Å². The summed E-state index contributed by atoms with van der Waals surface area (Å²) in [7, 11) is 1.57. The Bertz CT molecular complexity index is 561. The summed E-state index contributed by atoms with van der Waals surface area (Å²) in [5.41, 5.74) is 0.932. The fraction of sp³-hybridized carbons (Fsp3) is 0.533. The van der Waals surface area contributed by atoms with E-state index in [1.54, 1.807) is 24.3 Å². The van der Waals surface area contributed by atoms with Crippen LogP contribution in [0.1, 0.15) is 12.0 Å². The van der Waals surface area contributed by atoms with Crippen molar-refractivity contribution in [2.45, 2.75) is 19.1 Å². The van der Waals surface area contributed by atoms with Crippen LogP contribution in [-0.4, -0.2) is 61.0 Å². The van der Waals surface area contributed by atoms with E-state index < -0.39 is 12.2 Å². The first-order chi connectivity index (χ1) is 11.5. The summed E-state index contributed by atoms with van der Waals surface area (Å²) in [5.74, 6) is -0.964. The summed E-state index contributed by atoms with van der Waals surface area (Å²) < 4.78 is 4.99. The third-order valence-corrected chi connectivity index (χ3v) is 4.06. The molecule has 2 rings (SSSR count). The first-order valence-electron chi connectivity index (χ1n) is 7.45. The molecular weight excluding hydrogens is 359 g/mol. The van der Waals surface area contributed by atoms with Crippen molar-refractivity contribution in [3.63, 3.8) is 0 Å². The second-order valence-electron chi connectivity index (χ2n) is 5.24. The van der Waals surface area contributed by atoms with Crippen LogP contribution in [0.25, 0.3) is 0 Å². The number of carboxylic acids is 1. The van der Waals surface area contributed by atoms with Gasteiger partial charge in [0.25, 0.3) is 0 Å². The van der Waals surface area contributed by atoms with Crippen LogP contribution in [0, 0.1) is 0 Å². The van der Waals surface area contributed by atoms with E-state index >= 15 is 0 Å². The summed E-state index contributed by atoms with van der Waals surface area (Å²) in [6, 6.07) is 5.32. The van der Waals surface area contributed by atoms with Gasteiger partial charge in [0, 0.05) is 23.7 Å². The molecule has 1 aliphatic heterocycles. The number of methoxy groups -OCH3 is 1. The van der Waals surface area contributed by atoms with Crippen molar-refractivity contribution in [1.29, 1.82) is 0 Å². The molecule has 1 unspecified atom stereocenters. The Kier molecular flexibility index (Phi) is 7.70. The van der Waals surface area contributed by atoms with Crippen LogP contribution in [0.5, 0.6) is 0 Å². The van der Waals surface area contributed by atoms with Crippen molar-refractivity contribution in [3.8, 4) is 0 Å². The lowest BCUT2D eigenvalue weighted by atomic mass is 10.1. The van der Waals surface area contributed by atoms with Crippen LogP contribution < -0.4 is 0 Å². The predicted molar refractivity (Wildman–Crippen MR) is 88.5 cm³/mol. The lowest BCUT2D eigenvalue weighted by molar-refractivity contribution is -0.411. The van der Waals surface area contributed by atoms with Gasteiger partial charge >= 0.3 is 5.97 Å². The van der Waals surface area contributed by atoms with Crippen molar-refractivity contribution in [1.82, 2.24) is 10.1 Å². The largest absolute Gasteiger partial charge is 0.481 e. The number of hydrogen-bond donors (Lipinski definition) is 1. The normalized spacial score (nSPS) is 19.5. The first kappa shape index (κ1) is 19.4. The molecule has 0 aliphatic carbocycles. The molecular formula is C15H20Cl2N2O5. The molecule has 1 saturated heterocycles. The van der Waals surface area contributed by atoms with Crippen molar-refractivity contribution in [2.75, 3.05) is 33.5 Å². The number of carboxylic acid groups (broad SMARTS) is 1. The van der Waals surface area contributed by atoms with Gasteiger partial charge in [0.1, 0.15) is 6.73 Å². The minimum absolute atomic E-state index is 0.193. The topological polar surface area (TPSA) is 71.5 Å². The lowest BCUT2D eigenvalue weighted by Gasteiger charge is -2.39. The summed E-state index contributed by atoms with van der Waals surface area (Å²) >= 11 is 12.0. The smallest absolute Gasteiger partial charge is 0.307 e. The van der Waals surface area contributed by atoms with Crippen molar-refractivity contribution in [3.05, 3.63) is 33.8 Å². The molecule has 0 aromatic heterocycles. The highest BCUT2D eigenvalue weighted by atomic mass is 35.5. The van der Waals surface area contributed by atoms with Gasteiger partial charge in [0.05, 0.1) is 19.6 Å². The highest BCUT2D eigenvalue weighted by molar-refractivity contribution is 6.35. The highest BCUT2D eigenvalue weighted by Crippen LogP contribution is 2.22. The van der Waals surface area contributed by atoms with Gasteiger partial charge in [-0.2, -0.15) is 10.1 Å². The zero-order valence-corrected chi connectivity index (χ0v) is 14.8. The maximum absolute atomic E-state index is 11.0. The van der Waals surface area contributed by atoms with Gasteiger partial charge in [-0.05, 0) is 24.1 Å². The summed E-state index contributed by atoms with van der Waals surface area (Å²) in [6.45, 7) is 1.55. The number of carbonyl (C=O) groups is 1. The molecule has 0 saturated carbocycles. The zero-order chi connectivity index (χ0) is 17.5. The van der Waals surface area contributed by atoms with Crippen LogP contribution in [0.15, 0.2) is 18.2 Å². The van der Waals surface area contributed by atoms with E-state index in [1.165, 1.54) is 5.06 Å². The Morgan fingerprint density at radius 2 is 2.21 bits per heavy atom. The molecule has 24 heavy (non-hydrogen) atoms. The average molecular weight is 379 g/mol. The fourth-order valence-electron chi connectivity index (χ4n) is 2.24. The molecule has 1 atom stereocenters. The summed E-state index contributed by atoms with van der Waals surface area (Å²) in [4.78, 5) is 22.3. The Morgan fingerprint density at radius 1 is 1.42 bits per heavy atom. The van der Waals surface area contributed by atoms with Crippen molar-refractivity contribution in [2.24, 2.45) is 0 Å². The number of rotatable bonds is 8. The molecule has 1 heterocycles. The number of hydrogen-bond acceptors (Lipinski definition) is 6. The van der Waals surface area contributed by atoms with E-state index in [-0.39, 0.29) is 13.2 Å². The van der Waals surface area contributed by atoms with E-state index in [4.69, 9.17) is 42.7 Å². The van der Waals surface area contributed by atoms with E-state index in [0.29, 0.717) is 36.2 Å². The second-order valence-corrected chi connectivity index (χ2v) is 6.08. The molecule has 0 amide bonds. The minimum atomic E-state index is -0.964. The van der Waals surface area contributed by atoms with Crippen molar-refractivity contribution >= 4 is 29.2 Å². The van der Waals surface area contributed by atoms with Crippen molar-refractivity contribution < 1.29 is 24.3 Å². The molecule has 1 aromatic carbocycles. The Hall–Kier alpha value is -0.930. The number of aliphatic carboxylic acids is 1. The van der Waals surface area contributed by atoms with Gasteiger partial charge in [0.15, 0.2) is 6.23 Å². The Morgan fingerprint density at radius 3 is 2.88 bits per heavy atom. The molecule has 9 heteroatoms. The van der Waals surface area contributed by atoms with Gasteiger partial charge in [-0.3, -0.25) is 14.5 Å². The van der Waals surface area contributed by atoms with E-state index in [1.807, 2.05) is 6.07 Å². The average Bonchev–Trinajstić information content (AvgIpc) is 2.52. The fourth-order valence-corrected chi connectivity index (χ4v) is 2.74. The number of halogens is 2. The minimum Gasteiger partial charge on any atom is -0.481 e. The standard InChI is InChI=1S/C15H20Cl2N2O5/c1-22-7-6-19-14(9-15(20)21)24-18(10-23-19)5-4-11-2-3-12(16)8-13(11)17/h2-3,8,14H,4-7,9-10H2,1H3,(H,20,21). The zero-order valence-electron chi connectivity index (χ0n) is 13.3. The Balaban J connectivity index is 1.91. The third kappa shape index (κ3) is 5.86. The molecule has 7 nitrogen and oxygen atoms in total. The second kappa shape index (κ2) is 9.53. The third-order valence-electron chi connectivity index (χ3n) is 3.47. The number of benzene rings is 1. The quantitative estimate of drug-likeness (QED) is 0.744. The van der Waals surface area contributed by atoms with Crippen LogP contribution in [0.4, 0.5) is 0 Å². The first-order valence-corrected chi connectivity index (χ1v) is 8.21. The molecule has 0 spiro atoms. The predicted octanol–water partition coefficient (Wildman–Crippen LogP) is 2.42. The summed E-state index contributed by atoms with van der Waals surface area (Å²) in [6.07, 6.45) is -0.272. The van der Waals surface area contributed by atoms with E-state index in [2.05, 4.69) is 0 Å². The SMILES string of the molecule is COCCN1OCN(CCc2ccc(Cl)cc2Cl)OC1CC(=O)O. The van der Waals surface area contributed by atoms with Gasteiger partial charge in [-0.1, -0.05) is 29.3 Å². The lowest BCUT2D eigenvalue weighted by Crippen LogP contribution is -2.52. The highest BCUT2D eigenvalue weighted by Gasteiger charge is 2.30. The van der Waals surface area contributed by atoms with Gasteiger partial charge < -0.3 is 9.84 Å². The molecule has 0 radical (unpaired) electrons. The number of ether oxygens (including phenoxy) is 1. The van der Waals surface area contributed by atoms with Crippen LogP contribution in [-0.2, 0) is 25.6 Å². The Labute approximate surface area is 150 Å². The monoisotopic (exact) mass is 378 g/mol. The molecule has 1 N–H and O–H groups in total. The van der Waals surface area contributed by atoms with Gasteiger partial charge in [-0.25, -0.2) is 0 Å². The maximum atomic E-state index is 11.0. The van der Waals surface area contributed by atoms with Gasteiger partial charge in [-0.15, -0.1) is 0 Å². The molecule has 1 aromatic rings. The summed E-state index contributed by atoms with van der Waals surface area (Å²) in [5, 5.41) is 13.3.